The average Bonchev–Trinajstić information content (AvgIpc) is 2.98. The van der Waals surface area contributed by atoms with Gasteiger partial charge < -0.3 is 15.4 Å². The predicted molar refractivity (Wildman–Crippen MR) is 64.8 cm³/mol. The van der Waals surface area contributed by atoms with E-state index in [1.807, 2.05) is 30.3 Å². The number of aromatic nitrogens is 1. The third-order valence-corrected chi connectivity index (χ3v) is 3.31. The Morgan fingerprint density at radius 3 is 2.82 bits per heavy atom. The zero-order valence-corrected chi connectivity index (χ0v) is 9.36. The van der Waals surface area contributed by atoms with Crippen molar-refractivity contribution in [1.29, 1.82) is 0 Å². The largest absolute Gasteiger partial charge is 0.394 e. The molecule has 1 fully saturated rings. The maximum Gasteiger partial charge on any atom is 0.268 e. The maximum absolute atomic E-state index is 12.0. The Kier molecular flexibility index (Phi) is 2.19. The summed E-state index contributed by atoms with van der Waals surface area (Å²) in [5.41, 5.74) is 1.13. The highest BCUT2D eigenvalue weighted by Crippen LogP contribution is 2.34. The quantitative estimate of drug-likeness (QED) is 0.746. The van der Waals surface area contributed by atoms with Gasteiger partial charge in [-0.3, -0.25) is 4.79 Å². The van der Waals surface area contributed by atoms with Crippen LogP contribution in [0.15, 0.2) is 30.3 Å². The lowest BCUT2D eigenvalue weighted by atomic mass is 10.2. The molecule has 0 radical (unpaired) electrons. The first-order valence-electron chi connectivity index (χ1n) is 5.74. The van der Waals surface area contributed by atoms with E-state index in [9.17, 15) is 4.79 Å². The lowest BCUT2D eigenvalue weighted by Gasteiger charge is -2.12. The van der Waals surface area contributed by atoms with E-state index in [1.54, 1.807) is 0 Å². The molecule has 88 valence electrons. The number of para-hydroxylation sites is 1. The zero-order valence-electron chi connectivity index (χ0n) is 9.36. The van der Waals surface area contributed by atoms with Crippen LogP contribution in [0.5, 0.6) is 0 Å². The number of aliphatic hydroxyl groups excluding tert-OH is 1. The molecule has 17 heavy (non-hydrogen) atoms. The van der Waals surface area contributed by atoms with Gasteiger partial charge in [0.05, 0.1) is 12.1 Å². The summed E-state index contributed by atoms with van der Waals surface area (Å²) in [4.78, 5) is 15.1. The molecule has 3 rings (SSSR count). The first kappa shape index (κ1) is 10.4. The molecule has 1 amide bonds. The van der Waals surface area contributed by atoms with Crippen molar-refractivity contribution in [3.05, 3.63) is 36.0 Å². The normalized spacial score (nSPS) is 17.0. The number of aromatic amines is 1. The number of aliphatic hydroxyl groups is 1. The molecule has 0 bridgehead atoms. The molecule has 0 unspecified atom stereocenters. The van der Waals surface area contributed by atoms with Gasteiger partial charge in [0.1, 0.15) is 5.69 Å². The molecule has 1 aliphatic carbocycles. The molecule has 1 aromatic carbocycles. The fraction of sp³-hybridized carbons (Fsp3) is 0.308. The van der Waals surface area contributed by atoms with E-state index in [0.29, 0.717) is 5.69 Å². The standard InChI is InChI=1S/C13H14N2O2/c16-8-13(5-6-13)15-12(17)11-7-9-3-1-2-4-10(9)14-11/h1-4,7,14,16H,5-6,8H2,(H,15,17). The van der Waals surface area contributed by atoms with E-state index < -0.39 is 0 Å². The number of nitrogens with one attached hydrogen (secondary N) is 2. The van der Waals surface area contributed by atoms with Crippen LogP contribution in [0.25, 0.3) is 10.9 Å². The number of carbonyl (C=O) groups excluding carboxylic acids is 1. The maximum atomic E-state index is 12.0. The van der Waals surface area contributed by atoms with Crippen LogP contribution < -0.4 is 5.32 Å². The summed E-state index contributed by atoms with van der Waals surface area (Å²) in [6, 6.07) is 9.59. The smallest absolute Gasteiger partial charge is 0.268 e. The SMILES string of the molecule is O=C(NC1(CO)CC1)c1cc2ccccc2[nH]1. The summed E-state index contributed by atoms with van der Waals surface area (Å²) in [5, 5.41) is 13.1. The number of rotatable bonds is 3. The van der Waals surface area contributed by atoms with E-state index in [2.05, 4.69) is 10.3 Å². The molecule has 0 spiro atoms. The molecule has 2 aromatic rings. The molecule has 4 nitrogen and oxygen atoms in total. The van der Waals surface area contributed by atoms with Gasteiger partial charge in [-0.1, -0.05) is 18.2 Å². The van der Waals surface area contributed by atoms with Crippen LogP contribution in [0.3, 0.4) is 0 Å². The number of amides is 1. The number of fused-ring (bicyclic) bond motifs is 1. The number of H-pyrrole nitrogens is 1. The third-order valence-electron chi connectivity index (χ3n) is 3.31. The Labute approximate surface area is 98.6 Å². The van der Waals surface area contributed by atoms with E-state index in [4.69, 9.17) is 5.11 Å². The number of benzene rings is 1. The second-order valence-electron chi connectivity index (χ2n) is 4.66. The summed E-state index contributed by atoms with van der Waals surface area (Å²) in [5.74, 6) is -0.146. The van der Waals surface area contributed by atoms with Crippen LogP contribution in [0, 0.1) is 0 Å². The van der Waals surface area contributed by atoms with Crippen molar-refractivity contribution in [3.8, 4) is 0 Å². The molecule has 3 N–H and O–H groups in total. The van der Waals surface area contributed by atoms with Crippen LogP contribution >= 0.6 is 0 Å². The summed E-state index contributed by atoms with van der Waals surface area (Å²) in [7, 11) is 0. The van der Waals surface area contributed by atoms with Crippen LogP contribution in [0.1, 0.15) is 23.3 Å². The van der Waals surface area contributed by atoms with E-state index in [-0.39, 0.29) is 18.1 Å². The lowest BCUT2D eigenvalue weighted by molar-refractivity contribution is 0.0902. The topological polar surface area (TPSA) is 65.1 Å². The Bertz CT molecular complexity index is 537. The number of hydrogen-bond donors (Lipinski definition) is 3. The minimum absolute atomic E-state index is 0.0129. The van der Waals surface area contributed by atoms with Crippen LogP contribution in [-0.4, -0.2) is 28.1 Å². The Morgan fingerprint density at radius 2 is 2.18 bits per heavy atom. The average molecular weight is 230 g/mol. The summed E-state index contributed by atoms with van der Waals surface area (Å²) in [6.07, 6.45) is 1.71. The molecular formula is C13H14N2O2. The Morgan fingerprint density at radius 1 is 1.41 bits per heavy atom. The molecule has 4 heteroatoms. The fourth-order valence-corrected chi connectivity index (χ4v) is 1.98. The van der Waals surface area contributed by atoms with Gasteiger partial charge >= 0.3 is 0 Å². The van der Waals surface area contributed by atoms with Gasteiger partial charge in [0.15, 0.2) is 0 Å². The highest BCUT2D eigenvalue weighted by molar-refractivity contribution is 5.98. The minimum atomic E-state index is -0.367. The highest BCUT2D eigenvalue weighted by atomic mass is 16.3. The molecule has 1 heterocycles. The molecule has 0 saturated heterocycles. The van der Waals surface area contributed by atoms with Crippen molar-refractivity contribution in [2.45, 2.75) is 18.4 Å². The Hall–Kier alpha value is -1.81. The van der Waals surface area contributed by atoms with E-state index in [0.717, 1.165) is 23.7 Å². The molecular weight excluding hydrogens is 216 g/mol. The highest BCUT2D eigenvalue weighted by Gasteiger charge is 2.43. The summed E-state index contributed by atoms with van der Waals surface area (Å²) >= 11 is 0. The predicted octanol–water partition coefficient (Wildman–Crippen LogP) is 1.42. The van der Waals surface area contributed by atoms with Crippen molar-refractivity contribution < 1.29 is 9.90 Å². The van der Waals surface area contributed by atoms with Crippen LogP contribution in [0.2, 0.25) is 0 Å². The van der Waals surface area contributed by atoms with Crippen molar-refractivity contribution >= 4 is 16.8 Å². The Balaban J connectivity index is 1.86. The van der Waals surface area contributed by atoms with Gasteiger partial charge in [0, 0.05) is 10.9 Å². The van der Waals surface area contributed by atoms with Crippen molar-refractivity contribution in [1.82, 2.24) is 10.3 Å². The van der Waals surface area contributed by atoms with Gasteiger partial charge in [-0.05, 0) is 25.0 Å². The van der Waals surface area contributed by atoms with Gasteiger partial charge in [-0.15, -0.1) is 0 Å². The van der Waals surface area contributed by atoms with Gasteiger partial charge in [-0.2, -0.15) is 0 Å². The molecule has 1 aromatic heterocycles. The van der Waals surface area contributed by atoms with Crippen molar-refractivity contribution in [3.63, 3.8) is 0 Å². The number of hydrogen-bond acceptors (Lipinski definition) is 2. The first-order chi connectivity index (χ1) is 8.22. The van der Waals surface area contributed by atoms with Gasteiger partial charge in [0.25, 0.3) is 5.91 Å². The van der Waals surface area contributed by atoms with E-state index in [1.165, 1.54) is 0 Å². The van der Waals surface area contributed by atoms with Crippen LogP contribution in [0.4, 0.5) is 0 Å². The first-order valence-corrected chi connectivity index (χ1v) is 5.74. The third kappa shape index (κ3) is 1.80. The molecule has 0 atom stereocenters. The summed E-state index contributed by atoms with van der Waals surface area (Å²) in [6.45, 7) is 0.0129. The second-order valence-corrected chi connectivity index (χ2v) is 4.66. The number of carbonyl (C=O) groups is 1. The van der Waals surface area contributed by atoms with Crippen molar-refractivity contribution in [2.75, 3.05) is 6.61 Å². The minimum Gasteiger partial charge on any atom is -0.394 e. The lowest BCUT2D eigenvalue weighted by Crippen LogP contribution is -2.39. The van der Waals surface area contributed by atoms with Gasteiger partial charge in [0.2, 0.25) is 0 Å². The fourth-order valence-electron chi connectivity index (χ4n) is 1.98. The zero-order chi connectivity index (χ0) is 11.9. The molecule has 1 saturated carbocycles. The second kappa shape index (κ2) is 3.60. The summed E-state index contributed by atoms with van der Waals surface area (Å²) < 4.78 is 0. The monoisotopic (exact) mass is 230 g/mol. The molecule has 1 aliphatic rings. The van der Waals surface area contributed by atoms with Crippen LogP contribution in [-0.2, 0) is 0 Å². The van der Waals surface area contributed by atoms with Crippen molar-refractivity contribution in [2.24, 2.45) is 0 Å². The van der Waals surface area contributed by atoms with Gasteiger partial charge in [-0.25, -0.2) is 0 Å². The van der Waals surface area contributed by atoms with E-state index >= 15 is 0 Å². The molecule has 0 aliphatic heterocycles.